The summed E-state index contributed by atoms with van der Waals surface area (Å²) < 4.78 is 0. The highest BCUT2D eigenvalue weighted by Gasteiger charge is 2.45. The summed E-state index contributed by atoms with van der Waals surface area (Å²) in [7, 11) is 0. The van der Waals surface area contributed by atoms with Gasteiger partial charge in [0.1, 0.15) is 6.07 Å². The van der Waals surface area contributed by atoms with Crippen LogP contribution in [-0.4, -0.2) is 22.6 Å². The predicted molar refractivity (Wildman–Crippen MR) is 104 cm³/mol. The highest BCUT2D eigenvalue weighted by atomic mass is 35.5. The van der Waals surface area contributed by atoms with E-state index in [0.717, 1.165) is 35.5 Å². The fraction of sp³-hybridized carbons (Fsp3) is 0.450. The van der Waals surface area contributed by atoms with Gasteiger partial charge in [-0.05, 0) is 48.3 Å². The second-order valence-electron chi connectivity index (χ2n) is 7.54. The van der Waals surface area contributed by atoms with Crippen molar-refractivity contribution in [3.05, 3.63) is 52.3 Å². The lowest BCUT2D eigenvalue weighted by molar-refractivity contribution is 0.0375. The van der Waals surface area contributed by atoms with Crippen LogP contribution >= 0.6 is 11.6 Å². The SMILES string of the molecule is CC1(C)[C@@H](Cc2nc(NCCc3cccc(Cl)c3)ncc2C#N)C[C@H]1N. The fourth-order valence-corrected chi connectivity index (χ4v) is 3.61. The Kier molecular flexibility index (Phi) is 5.45. The number of hydrogen-bond donors (Lipinski definition) is 2. The number of halogens is 1. The number of hydrogen-bond acceptors (Lipinski definition) is 5. The van der Waals surface area contributed by atoms with Crippen LogP contribution < -0.4 is 11.1 Å². The minimum Gasteiger partial charge on any atom is -0.354 e. The lowest BCUT2D eigenvalue weighted by Gasteiger charge is -2.50. The Morgan fingerprint density at radius 3 is 2.88 bits per heavy atom. The van der Waals surface area contributed by atoms with Crippen molar-refractivity contribution in [2.75, 3.05) is 11.9 Å². The van der Waals surface area contributed by atoms with Crippen LogP contribution in [0.25, 0.3) is 0 Å². The molecule has 0 saturated heterocycles. The number of nitriles is 1. The molecule has 1 aliphatic rings. The van der Waals surface area contributed by atoms with E-state index in [4.69, 9.17) is 17.3 Å². The minimum atomic E-state index is 0.0812. The monoisotopic (exact) mass is 369 g/mol. The van der Waals surface area contributed by atoms with Crippen molar-refractivity contribution < 1.29 is 0 Å². The van der Waals surface area contributed by atoms with E-state index in [0.29, 0.717) is 24.0 Å². The summed E-state index contributed by atoms with van der Waals surface area (Å²) >= 11 is 6.01. The quantitative estimate of drug-likeness (QED) is 0.812. The number of rotatable bonds is 6. The van der Waals surface area contributed by atoms with Gasteiger partial charge in [-0.2, -0.15) is 5.26 Å². The molecule has 3 rings (SSSR count). The minimum absolute atomic E-state index is 0.0812. The van der Waals surface area contributed by atoms with Gasteiger partial charge in [0.2, 0.25) is 5.95 Å². The van der Waals surface area contributed by atoms with Gasteiger partial charge in [-0.15, -0.1) is 0 Å². The molecular formula is C20H24ClN5. The molecule has 1 aromatic carbocycles. The summed E-state index contributed by atoms with van der Waals surface area (Å²) in [6.45, 7) is 5.07. The lowest BCUT2D eigenvalue weighted by atomic mass is 9.57. The van der Waals surface area contributed by atoms with Crippen molar-refractivity contribution >= 4 is 17.5 Å². The number of anilines is 1. The smallest absolute Gasteiger partial charge is 0.222 e. The van der Waals surface area contributed by atoms with E-state index in [1.807, 2.05) is 24.3 Å². The van der Waals surface area contributed by atoms with Crippen molar-refractivity contribution in [3.63, 3.8) is 0 Å². The first-order valence-corrected chi connectivity index (χ1v) is 9.28. The average Bonchev–Trinajstić information content (AvgIpc) is 2.62. The molecule has 2 atom stereocenters. The number of nitrogens with zero attached hydrogens (tertiary/aromatic N) is 3. The van der Waals surface area contributed by atoms with E-state index in [1.165, 1.54) is 0 Å². The molecule has 1 aliphatic carbocycles. The van der Waals surface area contributed by atoms with Gasteiger partial charge in [-0.3, -0.25) is 0 Å². The lowest BCUT2D eigenvalue weighted by Crippen LogP contribution is -2.55. The van der Waals surface area contributed by atoms with Crippen LogP contribution in [0.5, 0.6) is 0 Å². The zero-order chi connectivity index (χ0) is 18.7. The topological polar surface area (TPSA) is 87.6 Å². The van der Waals surface area contributed by atoms with Crippen molar-refractivity contribution in [2.45, 2.75) is 39.2 Å². The normalized spacial score (nSPS) is 20.9. The summed E-state index contributed by atoms with van der Waals surface area (Å²) in [5, 5.41) is 13.3. The third-order valence-corrected chi connectivity index (χ3v) is 5.80. The summed E-state index contributed by atoms with van der Waals surface area (Å²) in [6.07, 6.45) is 4.16. The largest absolute Gasteiger partial charge is 0.354 e. The highest BCUT2D eigenvalue weighted by molar-refractivity contribution is 6.30. The molecule has 6 heteroatoms. The zero-order valence-electron chi connectivity index (χ0n) is 15.2. The summed E-state index contributed by atoms with van der Waals surface area (Å²) in [5.74, 6) is 1.00. The maximum atomic E-state index is 9.36. The van der Waals surface area contributed by atoms with Crippen LogP contribution in [0.4, 0.5) is 5.95 Å². The van der Waals surface area contributed by atoms with Crippen LogP contribution in [0.1, 0.15) is 37.1 Å². The molecule has 0 bridgehead atoms. The second-order valence-corrected chi connectivity index (χ2v) is 7.97. The molecule has 1 heterocycles. The van der Waals surface area contributed by atoms with Gasteiger partial charge in [-0.1, -0.05) is 37.6 Å². The van der Waals surface area contributed by atoms with Crippen LogP contribution in [0.15, 0.2) is 30.5 Å². The number of aromatic nitrogens is 2. The molecule has 0 radical (unpaired) electrons. The standard InChI is InChI=1S/C20H24ClN5/c1-20(2)15(10-18(20)23)9-17-14(11-22)12-25-19(26-17)24-7-6-13-4-3-5-16(21)8-13/h3-5,8,12,15,18H,6-7,9-10,23H2,1-2H3,(H,24,25,26)/t15-,18+/m0/s1. The van der Waals surface area contributed by atoms with E-state index in [-0.39, 0.29) is 11.5 Å². The maximum Gasteiger partial charge on any atom is 0.222 e. The van der Waals surface area contributed by atoms with E-state index < -0.39 is 0 Å². The Hall–Kier alpha value is -2.16. The van der Waals surface area contributed by atoms with E-state index in [2.05, 4.69) is 35.2 Å². The summed E-state index contributed by atoms with van der Waals surface area (Å²) in [4.78, 5) is 8.86. The molecule has 1 aromatic heterocycles. The van der Waals surface area contributed by atoms with Gasteiger partial charge in [0.05, 0.1) is 17.5 Å². The first-order chi connectivity index (χ1) is 12.4. The molecule has 1 fully saturated rings. The Bertz CT molecular complexity index is 827. The second kappa shape index (κ2) is 7.61. The van der Waals surface area contributed by atoms with Gasteiger partial charge in [0.15, 0.2) is 0 Å². The van der Waals surface area contributed by atoms with E-state index in [9.17, 15) is 5.26 Å². The Morgan fingerprint density at radius 1 is 1.42 bits per heavy atom. The molecule has 136 valence electrons. The maximum absolute atomic E-state index is 9.36. The van der Waals surface area contributed by atoms with Gasteiger partial charge < -0.3 is 11.1 Å². The van der Waals surface area contributed by atoms with Crippen molar-refractivity contribution in [1.29, 1.82) is 5.26 Å². The van der Waals surface area contributed by atoms with Crippen molar-refractivity contribution in [1.82, 2.24) is 9.97 Å². The average molecular weight is 370 g/mol. The number of nitrogens with two attached hydrogens (primary N) is 1. The Balaban J connectivity index is 1.65. The van der Waals surface area contributed by atoms with E-state index >= 15 is 0 Å². The van der Waals surface area contributed by atoms with Gasteiger partial charge in [0, 0.05) is 17.6 Å². The van der Waals surface area contributed by atoms with E-state index in [1.54, 1.807) is 6.20 Å². The molecule has 26 heavy (non-hydrogen) atoms. The van der Waals surface area contributed by atoms with Crippen LogP contribution in [0.3, 0.4) is 0 Å². The van der Waals surface area contributed by atoms with Crippen molar-refractivity contribution in [3.8, 4) is 6.07 Å². The zero-order valence-corrected chi connectivity index (χ0v) is 15.9. The molecule has 1 saturated carbocycles. The molecule has 0 spiro atoms. The highest BCUT2D eigenvalue weighted by Crippen LogP contribution is 2.46. The van der Waals surface area contributed by atoms with Gasteiger partial charge in [-0.25, -0.2) is 9.97 Å². The molecule has 0 aliphatic heterocycles. The Morgan fingerprint density at radius 2 is 2.23 bits per heavy atom. The number of benzene rings is 1. The van der Waals surface area contributed by atoms with Crippen LogP contribution in [0, 0.1) is 22.7 Å². The first kappa shape index (κ1) is 18.6. The molecule has 3 N–H and O–H groups in total. The Labute approximate surface area is 159 Å². The van der Waals surface area contributed by atoms with Crippen LogP contribution in [-0.2, 0) is 12.8 Å². The third-order valence-electron chi connectivity index (χ3n) is 5.56. The van der Waals surface area contributed by atoms with Gasteiger partial charge >= 0.3 is 0 Å². The molecular weight excluding hydrogens is 346 g/mol. The summed E-state index contributed by atoms with van der Waals surface area (Å²) in [5.41, 5.74) is 8.70. The molecule has 2 aromatic rings. The first-order valence-electron chi connectivity index (χ1n) is 8.90. The molecule has 5 nitrogen and oxygen atoms in total. The third kappa shape index (κ3) is 3.98. The van der Waals surface area contributed by atoms with Crippen molar-refractivity contribution in [2.24, 2.45) is 17.1 Å². The van der Waals surface area contributed by atoms with Gasteiger partial charge in [0.25, 0.3) is 0 Å². The number of nitrogens with one attached hydrogen (secondary N) is 1. The summed E-state index contributed by atoms with van der Waals surface area (Å²) in [6, 6.07) is 10.2. The molecule has 0 amide bonds. The fourth-order valence-electron chi connectivity index (χ4n) is 3.40. The molecule has 0 unspecified atom stereocenters. The predicted octanol–water partition coefficient (Wildman–Crippen LogP) is 3.57. The van der Waals surface area contributed by atoms with Crippen LogP contribution in [0.2, 0.25) is 5.02 Å².